The van der Waals surface area contributed by atoms with Crippen LogP contribution in [0.15, 0.2) is 55.6 Å². The van der Waals surface area contributed by atoms with Crippen LogP contribution >= 0.6 is 0 Å². The Morgan fingerprint density at radius 1 is 1.08 bits per heavy atom. The minimum Gasteiger partial charge on any atom is -0.463 e. The van der Waals surface area contributed by atoms with Crippen molar-refractivity contribution in [2.24, 2.45) is 17.3 Å². The summed E-state index contributed by atoms with van der Waals surface area (Å²) < 4.78 is 5.79. The molecule has 7 nitrogen and oxygen atoms in total. The number of aliphatic hydroxyl groups is 1. The van der Waals surface area contributed by atoms with E-state index in [2.05, 4.69) is 23.8 Å². The summed E-state index contributed by atoms with van der Waals surface area (Å²) in [6, 6.07) is 9.40. The molecule has 216 valence electrons. The fourth-order valence-corrected chi connectivity index (χ4v) is 5.03. The van der Waals surface area contributed by atoms with Crippen LogP contribution in [0.3, 0.4) is 0 Å². The maximum absolute atomic E-state index is 13.3. The molecule has 0 spiro atoms. The van der Waals surface area contributed by atoms with Gasteiger partial charge in [-0.1, -0.05) is 76.1 Å². The van der Waals surface area contributed by atoms with Gasteiger partial charge in [0.15, 0.2) is 0 Å². The lowest BCUT2D eigenvalue weighted by atomic mass is 9.86. The topological polar surface area (TPSA) is 105 Å². The predicted octanol–water partition coefficient (Wildman–Crippen LogP) is 4.89. The molecule has 0 unspecified atom stereocenters. The van der Waals surface area contributed by atoms with Gasteiger partial charge in [-0.05, 0) is 49.5 Å². The summed E-state index contributed by atoms with van der Waals surface area (Å²) in [5, 5.41) is 15.9. The summed E-state index contributed by atoms with van der Waals surface area (Å²) in [5.41, 5.74) is 0.0870. The molecular formula is C32H48N2O5. The molecule has 0 aromatic heterocycles. The summed E-state index contributed by atoms with van der Waals surface area (Å²) in [6.07, 6.45) is 9.08. The Labute approximate surface area is 234 Å². The molecule has 0 saturated heterocycles. The molecule has 3 atom stereocenters. The van der Waals surface area contributed by atoms with E-state index in [-0.39, 0.29) is 43.3 Å². The van der Waals surface area contributed by atoms with Gasteiger partial charge in [-0.2, -0.15) is 0 Å². The third-order valence-corrected chi connectivity index (χ3v) is 7.65. The van der Waals surface area contributed by atoms with Gasteiger partial charge in [0.1, 0.15) is 6.61 Å². The Balaban J connectivity index is 2.04. The molecule has 1 aliphatic carbocycles. The van der Waals surface area contributed by atoms with Gasteiger partial charge in [-0.25, -0.2) is 0 Å². The molecule has 1 aromatic rings. The van der Waals surface area contributed by atoms with Gasteiger partial charge in [0.05, 0.1) is 30.0 Å². The lowest BCUT2D eigenvalue weighted by Crippen LogP contribution is -2.52. The highest BCUT2D eigenvalue weighted by molar-refractivity contribution is 5.86. The smallest absolute Gasteiger partial charge is 0.309 e. The van der Waals surface area contributed by atoms with Crippen molar-refractivity contribution < 1.29 is 24.2 Å². The van der Waals surface area contributed by atoms with Crippen molar-refractivity contribution in [2.45, 2.75) is 90.1 Å². The van der Waals surface area contributed by atoms with Gasteiger partial charge >= 0.3 is 5.97 Å². The molecule has 0 radical (unpaired) electrons. The third-order valence-electron chi connectivity index (χ3n) is 7.65. The number of hydrogen-bond acceptors (Lipinski definition) is 5. The van der Waals surface area contributed by atoms with Crippen LogP contribution in [-0.2, 0) is 25.5 Å². The number of carbonyl (C=O) groups is 3. The lowest BCUT2D eigenvalue weighted by molar-refractivity contribution is -0.151. The van der Waals surface area contributed by atoms with Crippen LogP contribution in [0.2, 0.25) is 0 Å². The molecule has 0 bridgehead atoms. The van der Waals surface area contributed by atoms with Crippen molar-refractivity contribution in [1.29, 1.82) is 0 Å². The molecule has 1 fully saturated rings. The van der Waals surface area contributed by atoms with E-state index in [9.17, 15) is 19.5 Å². The largest absolute Gasteiger partial charge is 0.463 e. The van der Waals surface area contributed by atoms with Crippen molar-refractivity contribution in [2.75, 3.05) is 13.2 Å². The second-order valence-electron chi connectivity index (χ2n) is 11.9. The molecular weight excluding hydrogens is 492 g/mol. The number of esters is 1. The van der Waals surface area contributed by atoms with Crippen LogP contribution in [-0.4, -0.2) is 47.7 Å². The number of allylic oxidation sites excluding steroid dienone is 2. The quantitative estimate of drug-likeness (QED) is 0.205. The molecule has 0 heterocycles. The van der Waals surface area contributed by atoms with Gasteiger partial charge in [0, 0.05) is 6.42 Å². The Morgan fingerprint density at radius 2 is 1.74 bits per heavy atom. The first-order chi connectivity index (χ1) is 18.5. The zero-order valence-electron chi connectivity index (χ0n) is 24.0. The average Bonchev–Trinajstić information content (AvgIpc) is 3.37. The molecule has 0 aliphatic heterocycles. The van der Waals surface area contributed by atoms with Gasteiger partial charge in [-0.3, -0.25) is 14.4 Å². The second kappa shape index (κ2) is 15.6. The number of benzene rings is 1. The standard InChI is InChI=1S/C32H48N2O5/c1-6-8-17-26(20-24-15-10-9-11-16-24)30(38)39-22-27(31(3,4)5)33-29(37)25(14-7-2)21-28(36)34-32(23-35)18-12-13-19-32/h6-7,9-11,15-16,25-27,35H,1-2,8,12-14,17-23H2,3-5H3,(H,33,37)(H,34,36)/t25-,26-,27-/m1/s1. The number of nitrogens with one attached hydrogen (secondary N) is 2. The number of hydrogen-bond donors (Lipinski definition) is 3. The van der Waals surface area contributed by atoms with E-state index in [0.717, 1.165) is 31.2 Å². The van der Waals surface area contributed by atoms with Gasteiger partial charge < -0.3 is 20.5 Å². The molecule has 1 aromatic carbocycles. The number of ether oxygens (including phenoxy) is 1. The maximum Gasteiger partial charge on any atom is 0.309 e. The Kier molecular flexibility index (Phi) is 12.9. The van der Waals surface area contributed by atoms with Gasteiger partial charge in [0.25, 0.3) is 0 Å². The Bertz CT molecular complexity index is 947. The molecule has 1 aliphatic rings. The first kappa shape index (κ1) is 32.3. The summed E-state index contributed by atoms with van der Waals surface area (Å²) in [6.45, 7) is 13.4. The fourth-order valence-electron chi connectivity index (χ4n) is 5.03. The van der Waals surface area contributed by atoms with Crippen molar-refractivity contribution in [1.82, 2.24) is 10.6 Å². The van der Waals surface area contributed by atoms with Crippen molar-refractivity contribution in [3.05, 3.63) is 61.2 Å². The van der Waals surface area contributed by atoms with E-state index < -0.39 is 22.9 Å². The highest BCUT2D eigenvalue weighted by Crippen LogP contribution is 2.29. The summed E-state index contributed by atoms with van der Waals surface area (Å²) in [5.74, 6) is -1.75. The van der Waals surface area contributed by atoms with Crippen molar-refractivity contribution in [3.8, 4) is 0 Å². The van der Waals surface area contributed by atoms with E-state index in [1.54, 1.807) is 12.2 Å². The summed E-state index contributed by atoms with van der Waals surface area (Å²) in [4.78, 5) is 39.3. The van der Waals surface area contributed by atoms with Crippen molar-refractivity contribution in [3.63, 3.8) is 0 Å². The minimum atomic E-state index is -0.612. The Hall–Kier alpha value is -2.93. The fraction of sp³-hybridized carbons (Fsp3) is 0.594. The third kappa shape index (κ3) is 10.6. The highest BCUT2D eigenvalue weighted by Gasteiger charge is 2.36. The molecule has 2 rings (SSSR count). The normalized spacial score (nSPS) is 16.9. The zero-order valence-corrected chi connectivity index (χ0v) is 24.0. The first-order valence-electron chi connectivity index (χ1n) is 14.2. The SMILES string of the molecule is C=CCC[C@H](Cc1ccccc1)C(=O)OC[C@@H](NC(=O)[C@H](CC=C)CC(=O)NC1(CO)CCCC1)C(C)(C)C. The van der Waals surface area contributed by atoms with Crippen molar-refractivity contribution >= 4 is 17.8 Å². The van der Waals surface area contributed by atoms with Gasteiger partial charge in [0.2, 0.25) is 11.8 Å². The van der Waals surface area contributed by atoms with Crippen LogP contribution in [0.5, 0.6) is 0 Å². The minimum absolute atomic E-state index is 0.00302. The van der Waals surface area contributed by atoms with Crippen LogP contribution in [0, 0.1) is 17.3 Å². The van der Waals surface area contributed by atoms with Crippen LogP contribution < -0.4 is 10.6 Å². The first-order valence-corrected chi connectivity index (χ1v) is 14.2. The lowest BCUT2D eigenvalue weighted by Gasteiger charge is -2.33. The highest BCUT2D eigenvalue weighted by atomic mass is 16.5. The average molecular weight is 541 g/mol. The van der Waals surface area contributed by atoms with Crippen LogP contribution in [0.25, 0.3) is 0 Å². The van der Waals surface area contributed by atoms with Gasteiger partial charge in [-0.15, -0.1) is 13.2 Å². The molecule has 7 heteroatoms. The zero-order chi connectivity index (χ0) is 28.9. The summed E-state index contributed by atoms with van der Waals surface area (Å²) in [7, 11) is 0. The van der Waals surface area contributed by atoms with Crippen LogP contribution in [0.1, 0.15) is 77.7 Å². The van der Waals surface area contributed by atoms with Crippen LogP contribution in [0.4, 0.5) is 0 Å². The molecule has 39 heavy (non-hydrogen) atoms. The second-order valence-corrected chi connectivity index (χ2v) is 11.9. The number of aliphatic hydroxyl groups excluding tert-OH is 1. The number of amides is 2. The number of rotatable bonds is 16. The predicted molar refractivity (Wildman–Crippen MR) is 155 cm³/mol. The maximum atomic E-state index is 13.3. The van der Waals surface area contributed by atoms with E-state index in [0.29, 0.717) is 25.7 Å². The molecule has 1 saturated carbocycles. The van der Waals surface area contributed by atoms with E-state index >= 15 is 0 Å². The molecule has 3 N–H and O–H groups in total. The molecule has 2 amide bonds. The van der Waals surface area contributed by atoms with E-state index in [1.165, 1.54) is 0 Å². The summed E-state index contributed by atoms with van der Waals surface area (Å²) >= 11 is 0. The number of carbonyl (C=O) groups excluding carboxylic acids is 3. The Morgan fingerprint density at radius 3 is 2.31 bits per heavy atom. The van der Waals surface area contributed by atoms with E-state index in [4.69, 9.17) is 4.74 Å². The monoisotopic (exact) mass is 540 g/mol. The van der Waals surface area contributed by atoms with E-state index in [1.807, 2.05) is 51.1 Å².